The second-order valence-corrected chi connectivity index (χ2v) is 4.66. The highest BCUT2D eigenvalue weighted by Gasteiger charge is 2.17. The summed E-state index contributed by atoms with van der Waals surface area (Å²) in [5, 5.41) is 10.8. The largest absolute Gasteiger partial charge is 0.496 e. The van der Waals surface area contributed by atoms with Crippen LogP contribution in [0.1, 0.15) is 27.4 Å². The minimum Gasteiger partial charge on any atom is -0.496 e. The fourth-order valence-electron chi connectivity index (χ4n) is 2.05. The number of hydrogen-bond donors (Lipinski definition) is 0. The van der Waals surface area contributed by atoms with Gasteiger partial charge < -0.3 is 13.9 Å². The van der Waals surface area contributed by atoms with Gasteiger partial charge in [0.05, 0.1) is 12.0 Å². The van der Waals surface area contributed by atoms with E-state index in [1.54, 1.807) is 19.9 Å². The van der Waals surface area contributed by atoms with E-state index in [1.807, 2.05) is 0 Å². The van der Waals surface area contributed by atoms with Gasteiger partial charge >= 0.3 is 5.97 Å². The standard InChI is InChI=1S/C15H15NO6/c1-9-6-13(10(2)22-9)15(17)21-8-11-7-12(16(18)19)4-5-14(11)20-3/h4-7H,8H2,1-3H3. The van der Waals surface area contributed by atoms with E-state index >= 15 is 0 Å². The van der Waals surface area contributed by atoms with Gasteiger partial charge in [-0.3, -0.25) is 10.1 Å². The molecule has 7 nitrogen and oxygen atoms in total. The summed E-state index contributed by atoms with van der Waals surface area (Å²) in [6.45, 7) is 3.26. The molecule has 0 aliphatic rings. The third kappa shape index (κ3) is 3.25. The lowest BCUT2D eigenvalue weighted by molar-refractivity contribution is -0.385. The maximum atomic E-state index is 12.0. The number of carbonyl (C=O) groups excluding carboxylic acids is 1. The third-order valence-electron chi connectivity index (χ3n) is 3.09. The van der Waals surface area contributed by atoms with Crippen LogP contribution in [0, 0.1) is 24.0 Å². The second-order valence-electron chi connectivity index (χ2n) is 4.66. The molecule has 116 valence electrons. The van der Waals surface area contributed by atoms with Crippen LogP contribution in [-0.2, 0) is 11.3 Å². The number of rotatable bonds is 5. The van der Waals surface area contributed by atoms with Gasteiger partial charge in [-0.25, -0.2) is 4.79 Å². The molecule has 1 aromatic carbocycles. The van der Waals surface area contributed by atoms with E-state index in [4.69, 9.17) is 13.9 Å². The highest BCUT2D eigenvalue weighted by molar-refractivity contribution is 5.90. The van der Waals surface area contributed by atoms with Crippen LogP contribution < -0.4 is 4.74 Å². The molecule has 2 aromatic rings. The molecule has 22 heavy (non-hydrogen) atoms. The Bertz CT molecular complexity index is 719. The molecule has 0 atom stereocenters. The molecule has 0 aliphatic carbocycles. The molecule has 0 N–H and O–H groups in total. The first-order valence-corrected chi connectivity index (χ1v) is 6.48. The van der Waals surface area contributed by atoms with Gasteiger partial charge in [0.15, 0.2) is 0 Å². The normalized spacial score (nSPS) is 10.3. The summed E-state index contributed by atoms with van der Waals surface area (Å²) in [5.74, 6) is 0.937. The van der Waals surface area contributed by atoms with Crippen molar-refractivity contribution >= 4 is 11.7 Å². The maximum Gasteiger partial charge on any atom is 0.342 e. The predicted molar refractivity (Wildman–Crippen MR) is 76.9 cm³/mol. The smallest absolute Gasteiger partial charge is 0.342 e. The monoisotopic (exact) mass is 305 g/mol. The van der Waals surface area contributed by atoms with Gasteiger partial charge in [-0.15, -0.1) is 0 Å². The van der Waals surface area contributed by atoms with Crippen molar-refractivity contribution in [3.63, 3.8) is 0 Å². The van der Waals surface area contributed by atoms with Gasteiger partial charge in [-0.2, -0.15) is 0 Å². The summed E-state index contributed by atoms with van der Waals surface area (Å²) in [7, 11) is 1.44. The van der Waals surface area contributed by atoms with E-state index in [1.165, 1.54) is 25.3 Å². The van der Waals surface area contributed by atoms with Gasteiger partial charge in [0.1, 0.15) is 29.4 Å². The number of non-ortho nitro benzene ring substituents is 1. The zero-order chi connectivity index (χ0) is 16.3. The van der Waals surface area contributed by atoms with E-state index in [0.29, 0.717) is 28.4 Å². The van der Waals surface area contributed by atoms with Crippen LogP contribution in [-0.4, -0.2) is 18.0 Å². The summed E-state index contributed by atoms with van der Waals surface area (Å²) in [4.78, 5) is 22.3. The van der Waals surface area contributed by atoms with Crippen LogP contribution in [0.4, 0.5) is 5.69 Å². The Morgan fingerprint density at radius 2 is 2.05 bits per heavy atom. The molecular weight excluding hydrogens is 290 g/mol. The Kier molecular flexibility index (Phi) is 4.45. The van der Waals surface area contributed by atoms with Crippen LogP contribution in [0.25, 0.3) is 0 Å². The topological polar surface area (TPSA) is 91.8 Å². The lowest BCUT2D eigenvalue weighted by Gasteiger charge is -2.09. The molecule has 0 fully saturated rings. The summed E-state index contributed by atoms with van der Waals surface area (Å²) < 4.78 is 15.6. The van der Waals surface area contributed by atoms with Crippen molar-refractivity contribution in [1.29, 1.82) is 0 Å². The van der Waals surface area contributed by atoms with Gasteiger partial charge in [0.25, 0.3) is 5.69 Å². The number of ether oxygens (including phenoxy) is 2. The Labute approximate surface area is 126 Å². The van der Waals surface area contributed by atoms with Crippen LogP contribution in [0.15, 0.2) is 28.7 Å². The van der Waals surface area contributed by atoms with Gasteiger partial charge in [-0.05, 0) is 26.0 Å². The lowest BCUT2D eigenvalue weighted by Crippen LogP contribution is -2.06. The van der Waals surface area contributed by atoms with Crippen molar-refractivity contribution in [1.82, 2.24) is 0 Å². The Morgan fingerprint density at radius 1 is 1.32 bits per heavy atom. The quantitative estimate of drug-likeness (QED) is 0.478. The number of esters is 1. The maximum absolute atomic E-state index is 12.0. The van der Waals surface area contributed by atoms with Gasteiger partial charge in [0.2, 0.25) is 0 Å². The first kappa shape index (κ1) is 15.6. The van der Waals surface area contributed by atoms with E-state index < -0.39 is 10.9 Å². The van der Waals surface area contributed by atoms with Crippen molar-refractivity contribution in [2.75, 3.05) is 7.11 Å². The van der Waals surface area contributed by atoms with Crippen molar-refractivity contribution in [3.8, 4) is 5.75 Å². The molecule has 0 bridgehead atoms. The Hall–Kier alpha value is -2.83. The zero-order valence-electron chi connectivity index (χ0n) is 12.4. The first-order valence-electron chi connectivity index (χ1n) is 6.48. The van der Waals surface area contributed by atoms with Crippen molar-refractivity contribution in [3.05, 3.63) is 57.0 Å². The fraction of sp³-hybridized carbons (Fsp3) is 0.267. The Balaban J connectivity index is 2.16. The van der Waals surface area contributed by atoms with E-state index in [2.05, 4.69) is 0 Å². The molecule has 1 aromatic heterocycles. The lowest BCUT2D eigenvalue weighted by atomic mass is 10.2. The molecule has 0 saturated carbocycles. The van der Waals surface area contributed by atoms with Crippen LogP contribution in [0.5, 0.6) is 5.75 Å². The highest BCUT2D eigenvalue weighted by Crippen LogP contribution is 2.25. The summed E-state index contributed by atoms with van der Waals surface area (Å²) in [6, 6.07) is 5.70. The van der Waals surface area contributed by atoms with Crippen LogP contribution >= 0.6 is 0 Å². The summed E-state index contributed by atoms with van der Waals surface area (Å²) >= 11 is 0. The number of nitro groups is 1. The van der Waals surface area contributed by atoms with Gasteiger partial charge in [0, 0.05) is 17.7 Å². The number of hydrogen-bond acceptors (Lipinski definition) is 6. The average Bonchev–Trinajstić information content (AvgIpc) is 2.83. The molecule has 0 amide bonds. The van der Waals surface area contributed by atoms with E-state index in [0.717, 1.165) is 0 Å². The van der Waals surface area contributed by atoms with E-state index in [-0.39, 0.29) is 12.3 Å². The molecule has 2 rings (SSSR count). The van der Waals surface area contributed by atoms with Crippen LogP contribution in [0.2, 0.25) is 0 Å². The first-order chi connectivity index (χ1) is 10.4. The molecule has 0 radical (unpaired) electrons. The number of nitro benzene ring substituents is 1. The molecule has 0 unspecified atom stereocenters. The summed E-state index contributed by atoms with van der Waals surface area (Å²) in [5.41, 5.74) is 0.659. The SMILES string of the molecule is COc1ccc([N+](=O)[O-])cc1COC(=O)c1cc(C)oc1C. The third-order valence-corrected chi connectivity index (χ3v) is 3.09. The van der Waals surface area contributed by atoms with Crippen molar-refractivity contribution in [2.24, 2.45) is 0 Å². The fourth-order valence-corrected chi connectivity index (χ4v) is 2.05. The Morgan fingerprint density at radius 3 is 2.59 bits per heavy atom. The number of furan rings is 1. The number of aryl methyl sites for hydroxylation is 2. The number of nitrogens with zero attached hydrogens (tertiary/aromatic N) is 1. The van der Waals surface area contributed by atoms with E-state index in [9.17, 15) is 14.9 Å². The predicted octanol–water partition coefficient (Wildman–Crippen LogP) is 3.17. The molecule has 1 heterocycles. The number of carbonyl (C=O) groups is 1. The minimum atomic E-state index is -0.553. The molecule has 0 aliphatic heterocycles. The minimum absolute atomic E-state index is 0.0952. The van der Waals surface area contributed by atoms with Gasteiger partial charge in [-0.1, -0.05) is 0 Å². The number of methoxy groups -OCH3 is 1. The number of benzene rings is 1. The van der Waals surface area contributed by atoms with Crippen molar-refractivity contribution in [2.45, 2.75) is 20.5 Å². The molecule has 0 saturated heterocycles. The summed E-state index contributed by atoms with van der Waals surface area (Å²) in [6.07, 6.45) is 0. The molecular formula is C15H15NO6. The second kappa shape index (κ2) is 6.30. The molecule has 0 spiro atoms. The van der Waals surface area contributed by atoms with Crippen molar-refractivity contribution < 1.29 is 23.6 Å². The zero-order valence-corrected chi connectivity index (χ0v) is 12.4. The average molecular weight is 305 g/mol. The van der Waals surface area contributed by atoms with Crippen LogP contribution in [0.3, 0.4) is 0 Å². The highest BCUT2D eigenvalue weighted by atomic mass is 16.6. The molecule has 7 heteroatoms.